The van der Waals surface area contributed by atoms with E-state index < -0.39 is 0 Å². The number of ether oxygens (including phenoxy) is 2. The monoisotopic (exact) mass is 245 g/mol. The molecule has 2 aromatic rings. The summed E-state index contributed by atoms with van der Waals surface area (Å²) < 4.78 is 11.2. The minimum Gasteiger partial charge on any atom is -0.490 e. The zero-order chi connectivity index (χ0) is 12.2. The molecular weight excluding hydrogens is 230 g/mol. The van der Waals surface area contributed by atoms with Crippen molar-refractivity contribution in [2.75, 3.05) is 18.5 Å². The van der Waals surface area contributed by atoms with E-state index in [9.17, 15) is 0 Å². The molecule has 0 fully saturated rings. The molecule has 0 radical (unpaired) electrons. The predicted molar refractivity (Wildman–Crippen MR) is 68.0 cm³/mol. The van der Waals surface area contributed by atoms with Crippen molar-refractivity contribution in [3.8, 4) is 11.5 Å². The van der Waals surface area contributed by atoms with E-state index >= 15 is 0 Å². The van der Waals surface area contributed by atoms with Gasteiger partial charge in [-0.2, -0.15) is 0 Å². The molecule has 2 heterocycles. The average molecular weight is 245 g/mol. The average Bonchev–Trinajstić information content (AvgIpc) is 2.80. The van der Waals surface area contributed by atoms with Gasteiger partial charge in [0.05, 0.1) is 19.8 Å². The van der Waals surface area contributed by atoms with Gasteiger partial charge in [-0.05, 0) is 12.1 Å². The number of imidazole rings is 1. The molecule has 0 amide bonds. The van der Waals surface area contributed by atoms with Crippen LogP contribution in [0.15, 0.2) is 30.6 Å². The lowest BCUT2D eigenvalue weighted by molar-refractivity contribution is 0.297. The molecule has 0 atom stereocenters. The summed E-state index contributed by atoms with van der Waals surface area (Å²) >= 11 is 0. The molecule has 18 heavy (non-hydrogen) atoms. The van der Waals surface area contributed by atoms with Crippen molar-refractivity contribution in [3.05, 3.63) is 36.4 Å². The summed E-state index contributed by atoms with van der Waals surface area (Å²) in [5.41, 5.74) is 0.996. The second kappa shape index (κ2) is 5.00. The van der Waals surface area contributed by atoms with Gasteiger partial charge in [-0.1, -0.05) is 0 Å². The number of nitrogens with one attached hydrogen (secondary N) is 2. The van der Waals surface area contributed by atoms with Crippen molar-refractivity contribution in [2.24, 2.45) is 0 Å². The van der Waals surface area contributed by atoms with Crippen LogP contribution in [-0.2, 0) is 6.54 Å². The summed E-state index contributed by atoms with van der Waals surface area (Å²) in [6.07, 6.45) is 4.47. The minimum atomic E-state index is 0.659. The number of nitrogens with zero attached hydrogens (tertiary/aromatic N) is 1. The van der Waals surface area contributed by atoms with Crippen LogP contribution in [0.2, 0.25) is 0 Å². The summed E-state index contributed by atoms with van der Waals surface area (Å²) in [5, 5.41) is 3.29. The maximum Gasteiger partial charge on any atom is 0.163 e. The summed E-state index contributed by atoms with van der Waals surface area (Å²) in [7, 11) is 0. The third-order valence-electron chi connectivity index (χ3n) is 2.76. The molecule has 1 aromatic heterocycles. The lowest BCUT2D eigenvalue weighted by atomic mass is 10.2. The highest BCUT2D eigenvalue weighted by Gasteiger charge is 2.10. The zero-order valence-corrected chi connectivity index (χ0v) is 9.98. The molecular formula is C13H15N3O2. The molecule has 0 unspecified atom stereocenters. The van der Waals surface area contributed by atoms with Crippen LogP contribution in [0.25, 0.3) is 0 Å². The number of H-pyrrole nitrogens is 1. The fourth-order valence-electron chi connectivity index (χ4n) is 1.85. The molecule has 5 heteroatoms. The molecule has 1 aliphatic rings. The Labute approximate surface area is 105 Å². The Morgan fingerprint density at radius 2 is 2.11 bits per heavy atom. The number of hydrogen-bond acceptors (Lipinski definition) is 4. The van der Waals surface area contributed by atoms with Gasteiger partial charge in [0.25, 0.3) is 0 Å². The van der Waals surface area contributed by atoms with Crippen molar-refractivity contribution >= 4 is 5.69 Å². The van der Waals surface area contributed by atoms with E-state index in [1.165, 1.54) is 0 Å². The Hall–Kier alpha value is -2.17. The standard InChI is InChI=1S/C13H15N3O2/c1-6-17-11-3-2-10(8-12(11)18-7-1)16-9-13-14-4-5-15-13/h2-5,8,16H,1,6-7,9H2,(H,14,15). The van der Waals surface area contributed by atoms with E-state index in [0.29, 0.717) is 19.8 Å². The third-order valence-corrected chi connectivity index (χ3v) is 2.76. The molecule has 94 valence electrons. The highest BCUT2D eigenvalue weighted by atomic mass is 16.5. The van der Waals surface area contributed by atoms with Gasteiger partial charge in [0, 0.05) is 30.6 Å². The van der Waals surface area contributed by atoms with E-state index in [4.69, 9.17) is 9.47 Å². The molecule has 0 aliphatic carbocycles. The molecule has 0 spiro atoms. The Bertz CT molecular complexity index is 511. The van der Waals surface area contributed by atoms with Gasteiger partial charge < -0.3 is 19.8 Å². The fraction of sp³-hybridized carbons (Fsp3) is 0.308. The fourth-order valence-corrected chi connectivity index (χ4v) is 1.85. The Balaban J connectivity index is 1.71. The first kappa shape index (κ1) is 11.0. The highest BCUT2D eigenvalue weighted by Crippen LogP contribution is 2.32. The number of rotatable bonds is 3. The van der Waals surface area contributed by atoms with Crippen molar-refractivity contribution in [1.29, 1.82) is 0 Å². The Morgan fingerprint density at radius 1 is 1.22 bits per heavy atom. The quantitative estimate of drug-likeness (QED) is 0.870. The second-order valence-corrected chi connectivity index (χ2v) is 4.10. The molecule has 0 saturated carbocycles. The predicted octanol–water partition coefficient (Wildman–Crippen LogP) is 2.18. The van der Waals surface area contributed by atoms with Gasteiger partial charge in [0.1, 0.15) is 5.82 Å². The van der Waals surface area contributed by atoms with Crippen molar-refractivity contribution in [3.63, 3.8) is 0 Å². The van der Waals surface area contributed by atoms with E-state index in [1.807, 2.05) is 24.4 Å². The van der Waals surface area contributed by atoms with Gasteiger partial charge in [0.2, 0.25) is 0 Å². The largest absolute Gasteiger partial charge is 0.490 e. The van der Waals surface area contributed by atoms with Crippen molar-refractivity contribution in [1.82, 2.24) is 9.97 Å². The van der Waals surface area contributed by atoms with Gasteiger partial charge in [-0.3, -0.25) is 0 Å². The first-order valence-corrected chi connectivity index (χ1v) is 6.03. The summed E-state index contributed by atoms with van der Waals surface area (Å²) in [5.74, 6) is 2.52. The van der Waals surface area contributed by atoms with Crippen LogP contribution in [0.5, 0.6) is 11.5 Å². The summed E-state index contributed by atoms with van der Waals surface area (Å²) in [4.78, 5) is 7.21. The molecule has 0 bridgehead atoms. The van der Waals surface area contributed by atoms with E-state index in [-0.39, 0.29) is 0 Å². The van der Waals surface area contributed by atoms with Gasteiger partial charge in [-0.15, -0.1) is 0 Å². The number of anilines is 1. The van der Waals surface area contributed by atoms with Crippen LogP contribution >= 0.6 is 0 Å². The number of aromatic amines is 1. The lowest BCUT2D eigenvalue weighted by Crippen LogP contribution is -2.01. The minimum absolute atomic E-state index is 0.659. The molecule has 5 nitrogen and oxygen atoms in total. The number of hydrogen-bond donors (Lipinski definition) is 2. The number of fused-ring (bicyclic) bond motifs is 1. The van der Waals surface area contributed by atoms with E-state index in [0.717, 1.165) is 29.4 Å². The van der Waals surface area contributed by atoms with Crippen LogP contribution in [0.4, 0.5) is 5.69 Å². The molecule has 1 aliphatic heterocycles. The second-order valence-electron chi connectivity index (χ2n) is 4.10. The van der Waals surface area contributed by atoms with Crippen molar-refractivity contribution < 1.29 is 9.47 Å². The maximum absolute atomic E-state index is 5.64. The van der Waals surface area contributed by atoms with E-state index in [2.05, 4.69) is 15.3 Å². The van der Waals surface area contributed by atoms with Crippen LogP contribution in [0, 0.1) is 0 Å². The summed E-state index contributed by atoms with van der Waals surface area (Å²) in [6.45, 7) is 2.08. The Morgan fingerprint density at radius 3 is 2.94 bits per heavy atom. The van der Waals surface area contributed by atoms with Gasteiger partial charge >= 0.3 is 0 Å². The molecule has 2 N–H and O–H groups in total. The number of benzene rings is 1. The third kappa shape index (κ3) is 2.40. The van der Waals surface area contributed by atoms with Crippen LogP contribution < -0.4 is 14.8 Å². The molecule has 3 rings (SSSR count). The highest BCUT2D eigenvalue weighted by molar-refractivity contribution is 5.54. The van der Waals surface area contributed by atoms with Gasteiger partial charge in [0.15, 0.2) is 11.5 Å². The maximum atomic E-state index is 5.64. The van der Waals surface area contributed by atoms with Crippen molar-refractivity contribution in [2.45, 2.75) is 13.0 Å². The van der Waals surface area contributed by atoms with Crippen LogP contribution in [0.3, 0.4) is 0 Å². The zero-order valence-electron chi connectivity index (χ0n) is 9.98. The van der Waals surface area contributed by atoms with Crippen LogP contribution in [-0.4, -0.2) is 23.2 Å². The smallest absolute Gasteiger partial charge is 0.163 e. The summed E-state index contributed by atoms with van der Waals surface area (Å²) in [6, 6.07) is 5.88. The van der Waals surface area contributed by atoms with E-state index in [1.54, 1.807) is 6.20 Å². The first-order valence-electron chi connectivity index (χ1n) is 6.03. The Kier molecular flexibility index (Phi) is 3.04. The molecule has 0 saturated heterocycles. The van der Waals surface area contributed by atoms with Crippen LogP contribution in [0.1, 0.15) is 12.2 Å². The number of aromatic nitrogens is 2. The lowest BCUT2D eigenvalue weighted by Gasteiger charge is -2.10. The van der Waals surface area contributed by atoms with Gasteiger partial charge in [-0.25, -0.2) is 4.98 Å². The SMILES string of the molecule is c1c[nH]c(CNc2ccc3c(c2)OCCCO3)n1. The first-order chi connectivity index (χ1) is 8.92. The topological polar surface area (TPSA) is 59.2 Å². The normalized spacial score (nSPS) is 14.0. The molecule has 1 aromatic carbocycles.